The Bertz CT molecular complexity index is 2210. The second-order valence-corrected chi connectivity index (χ2v) is 28.5. The maximum Gasteiger partial charge on any atom is 0.472 e. The Labute approximate surface area is 606 Å². The van der Waals surface area contributed by atoms with Crippen LogP contribution in [0.25, 0.3) is 0 Å². The highest BCUT2D eigenvalue weighted by Crippen LogP contribution is 2.45. The molecule has 0 aliphatic carbocycles. The predicted octanol–water partition coefficient (Wildman–Crippen LogP) is 22.3. The van der Waals surface area contributed by atoms with Gasteiger partial charge in [-0.2, -0.15) is 0 Å². The second-order valence-electron chi connectivity index (χ2n) is 25.5. The minimum atomic E-state index is -4.99. The fourth-order valence-corrected chi connectivity index (χ4v) is 11.7. The van der Waals surface area contributed by atoms with Gasteiger partial charge in [-0.05, 0) is 103 Å². The largest absolute Gasteiger partial charge is 0.472 e. The topological polar surface area (TPSA) is 237 Å². The van der Waals surface area contributed by atoms with Crippen molar-refractivity contribution in [2.75, 3.05) is 39.6 Å². The van der Waals surface area contributed by atoms with Gasteiger partial charge in [0.05, 0.1) is 26.4 Å². The summed E-state index contributed by atoms with van der Waals surface area (Å²) in [5.41, 5.74) is 0. The summed E-state index contributed by atoms with van der Waals surface area (Å²) in [6.07, 6.45) is 79.2. The molecule has 3 N–H and O–H groups in total. The molecule has 0 bridgehead atoms. The van der Waals surface area contributed by atoms with Gasteiger partial charge in [-0.1, -0.05) is 303 Å². The van der Waals surface area contributed by atoms with Crippen molar-refractivity contribution in [3.8, 4) is 0 Å². The number of hydrogen-bond acceptors (Lipinski definition) is 15. The van der Waals surface area contributed by atoms with Crippen molar-refractivity contribution in [3.63, 3.8) is 0 Å². The number of carbonyl (C=O) groups excluding carboxylic acids is 4. The quantitative estimate of drug-likeness (QED) is 0.0169. The molecule has 0 radical (unpaired) electrons. The Morgan fingerprint density at radius 2 is 0.520 bits per heavy atom. The first-order valence-electron chi connectivity index (χ1n) is 38.8. The number of aliphatic hydroxyl groups excluding tert-OH is 1. The number of ether oxygens (including phenoxy) is 4. The molecular formula is C81H138O17P2. The van der Waals surface area contributed by atoms with Gasteiger partial charge in [0.15, 0.2) is 12.2 Å². The highest BCUT2D eigenvalue weighted by molar-refractivity contribution is 7.47. The smallest absolute Gasteiger partial charge is 0.462 e. The van der Waals surface area contributed by atoms with Crippen LogP contribution >= 0.6 is 15.6 Å². The summed E-state index contributed by atoms with van der Waals surface area (Å²) in [6.45, 7) is 4.53. The summed E-state index contributed by atoms with van der Waals surface area (Å²) >= 11 is 0. The Kier molecular flexibility index (Phi) is 69.5. The van der Waals surface area contributed by atoms with E-state index in [1.165, 1.54) is 103 Å². The van der Waals surface area contributed by atoms with E-state index in [2.05, 4.69) is 125 Å². The molecule has 100 heavy (non-hydrogen) atoms. The monoisotopic (exact) mass is 1440 g/mol. The van der Waals surface area contributed by atoms with Crippen LogP contribution in [0.15, 0.2) is 122 Å². The molecule has 0 heterocycles. The molecule has 4 atom stereocenters. The van der Waals surface area contributed by atoms with Crippen LogP contribution in [0.1, 0.15) is 310 Å². The lowest BCUT2D eigenvalue weighted by Crippen LogP contribution is -2.30. The molecule has 0 fully saturated rings. The first-order valence-corrected chi connectivity index (χ1v) is 41.8. The lowest BCUT2D eigenvalue weighted by atomic mass is 10.0. The predicted molar refractivity (Wildman–Crippen MR) is 408 cm³/mol. The van der Waals surface area contributed by atoms with Gasteiger partial charge >= 0.3 is 39.5 Å². The fraction of sp³-hybridized carbons (Fsp3) is 0.704. The zero-order chi connectivity index (χ0) is 73.2. The molecule has 0 saturated heterocycles. The molecule has 4 unspecified atom stereocenters. The van der Waals surface area contributed by atoms with Crippen LogP contribution in [0.4, 0.5) is 0 Å². The van der Waals surface area contributed by atoms with Crippen molar-refractivity contribution < 1.29 is 80.2 Å². The Morgan fingerprint density at radius 1 is 0.290 bits per heavy atom. The van der Waals surface area contributed by atoms with Crippen molar-refractivity contribution in [2.24, 2.45) is 0 Å². The van der Waals surface area contributed by atoms with Crippen LogP contribution in [0.5, 0.6) is 0 Å². The minimum absolute atomic E-state index is 0.0824. The highest BCUT2D eigenvalue weighted by atomic mass is 31.2. The lowest BCUT2D eigenvalue weighted by Gasteiger charge is -2.21. The Morgan fingerprint density at radius 3 is 0.790 bits per heavy atom. The summed E-state index contributed by atoms with van der Waals surface area (Å²) < 4.78 is 68.4. The van der Waals surface area contributed by atoms with Crippen molar-refractivity contribution in [2.45, 2.75) is 329 Å². The molecule has 0 aliphatic rings. The van der Waals surface area contributed by atoms with Crippen molar-refractivity contribution in [1.82, 2.24) is 0 Å². The highest BCUT2D eigenvalue weighted by Gasteiger charge is 2.30. The number of rotatable bonds is 72. The zero-order valence-corrected chi connectivity index (χ0v) is 64.4. The van der Waals surface area contributed by atoms with Crippen LogP contribution in [-0.2, 0) is 65.4 Å². The van der Waals surface area contributed by atoms with Crippen molar-refractivity contribution >= 4 is 39.5 Å². The summed E-state index contributed by atoms with van der Waals surface area (Å²) in [5, 5.41) is 10.6. The van der Waals surface area contributed by atoms with E-state index in [-0.39, 0.29) is 25.7 Å². The third-order valence-corrected chi connectivity index (χ3v) is 17.9. The van der Waals surface area contributed by atoms with Crippen molar-refractivity contribution in [3.05, 3.63) is 122 Å². The lowest BCUT2D eigenvalue weighted by molar-refractivity contribution is -0.161. The number of hydrogen-bond donors (Lipinski definition) is 3. The maximum atomic E-state index is 13.1. The molecule has 17 nitrogen and oxygen atoms in total. The maximum absolute atomic E-state index is 13.1. The number of esters is 4. The number of phosphoric ester groups is 2. The molecule has 0 aromatic rings. The van der Waals surface area contributed by atoms with Gasteiger partial charge < -0.3 is 33.8 Å². The third-order valence-electron chi connectivity index (χ3n) is 16.0. The van der Waals surface area contributed by atoms with E-state index in [9.17, 15) is 43.2 Å². The molecule has 0 rings (SSSR count). The standard InChI is InChI=1S/C81H138O17P2/c1-5-9-13-17-21-25-29-33-35-37-39-43-45-49-53-57-61-65-78(83)91-71-76(97-80(85)67-63-59-55-51-47-41-31-27-23-19-15-11-7-3)73-95-99(87,88)93-69-75(82)70-94-100(89,90)96-74-77(98-81(86)68-64-60-56-52-48-42-32-28-24-20-16-12-8-4)72-92-79(84)66-62-58-54-50-46-44-40-38-36-34-30-26-22-18-14-10-6-2/h9-10,13-14,21-22,25-26,33-36,39-40,43-44,49-50,53-54,75-77,82H,5-8,11-12,15-20,23-24,27-32,37-38,41-42,45-48,51-52,55-74H2,1-4H3,(H,87,88)(H,89,90)/b13-9-,14-10-,25-21-,26-22-,35-33-,36-34-,43-39-,44-40-,53-49-,54-50-. The summed E-state index contributed by atoms with van der Waals surface area (Å²) in [6, 6.07) is 0. The van der Waals surface area contributed by atoms with E-state index in [1.54, 1.807) is 0 Å². The van der Waals surface area contributed by atoms with E-state index in [0.717, 1.165) is 116 Å². The first kappa shape index (κ1) is 95.5. The van der Waals surface area contributed by atoms with Gasteiger partial charge in [-0.15, -0.1) is 0 Å². The number of phosphoric acid groups is 2. The molecule has 19 heteroatoms. The summed E-state index contributed by atoms with van der Waals surface area (Å²) in [5.74, 6) is -2.30. The average molecular weight is 1450 g/mol. The van der Waals surface area contributed by atoms with E-state index in [4.69, 9.17) is 37.0 Å². The average Bonchev–Trinajstić information content (AvgIpc) is 0.943. The number of unbranched alkanes of at least 4 members (excludes halogenated alkanes) is 26. The molecule has 0 spiro atoms. The Balaban J connectivity index is 5.42. The molecule has 0 saturated carbocycles. The molecule has 0 aliphatic heterocycles. The molecule has 0 amide bonds. The van der Waals surface area contributed by atoms with Gasteiger partial charge in [-0.3, -0.25) is 37.3 Å². The van der Waals surface area contributed by atoms with E-state index in [1.807, 2.05) is 24.3 Å². The summed E-state index contributed by atoms with van der Waals surface area (Å²) in [4.78, 5) is 72.8. The van der Waals surface area contributed by atoms with E-state index in [0.29, 0.717) is 38.5 Å². The molecule has 574 valence electrons. The normalized spacial score (nSPS) is 14.6. The van der Waals surface area contributed by atoms with Crippen LogP contribution in [0.3, 0.4) is 0 Å². The first-order chi connectivity index (χ1) is 48.7. The zero-order valence-electron chi connectivity index (χ0n) is 62.6. The Hall–Kier alpha value is -4.54. The number of carbonyl (C=O) groups is 4. The number of allylic oxidation sites excluding steroid dienone is 20. The van der Waals surface area contributed by atoms with Gasteiger partial charge in [0, 0.05) is 25.7 Å². The van der Waals surface area contributed by atoms with Crippen LogP contribution < -0.4 is 0 Å². The van der Waals surface area contributed by atoms with E-state index < -0.39 is 97.5 Å². The van der Waals surface area contributed by atoms with Gasteiger partial charge in [0.1, 0.15) is 19.3 Å². The molecule has 0 aromatic carbocycles. The molecule has 0 aromatic heterocycles. The van der Waals surface area contributed by atoms with Crippen LogP contribution in [-0.4, -0.2) is 96.7 Å². The number of aliphatic hydroxyl groups is 1. The second kappa shape index (κ2) is 72.8. The minimum Gasteiger partial charge on any atom is -0.462 e. The van der Waals surface area contributed by atoms with Crippen LogP contribution in [0.2, 0.25) is 0 Å². The van der Waals surface area contributed by atoms with E-state index >= 15 is 0 Å². The third kappa shape index (κ3) is 71.8. The van der Waals surface area contributed by atoms with Crippen molar-refractivity contribution in [1.29, 1.82) is 0 Å². The summed E-state index contributed by atoms with van der Waals surface area (Å²) in [7, 11) is -9.98. The van der Waals surface area contributed by atoms with Gasteiger partial charge in [0.2, 0.25) is 0 Å². The fourth-order valence-electron chi connectivity index (χ4n) is 10.1. The molecular weight excluding hydrogens is 1310 g/mol. The van der Waals surface area contributed by atoms with Gasteiger partial charge in [0.25, 0.3) is 0 Å². The van der Waals surface area contributed by atoms with Gasteiger partial charge in [-0.25, -0.2) is 9.13 Å². The SMILES string of the molecule is CC/C=C\C/C=C\C/C=C\C/C=C\C/C=C\CCCC(=O)OCC(COP(=O)(O)OCC(O)COP(=O)(O)OCC(COC(=O)CCC/C=C\C/C=C\C/C=C\C/C=C\C/C=C\CC)OC(=O)CCCCCCCCCCCCCCC)OC(=O)CCCCCCCCCCCCCCC. The van der Waals surface area contributed by atoms with Crippen LogP contribution in [0, 0.1) is 0 Å².